The number of hydrogen-bond acceptors (Lipinski definition) is 10. The molecule has 0 bridgehead atoms. The van der Waals surface area contributed by atoms with Gasteiger partial charge in [-0.25, -0.2) is 0 Å². The van der Waals surface area contributed by atoms with Crippen LogP contribution in [0.1, 0.15) is 251 Å². The number of unbranched alkanes of at least 4 members (excludes halogenated alkanes) is 31. The van der Waals surface area contributed by atoms with Gasteiger partial charge in [-0.05, 0) is 64.2 Å². The lowest BCUT2D eigenvalue weighted by Crippen LogP contribution is -2.60. The van der Waals surface area contributed by atoms with E-state index in [1.807, 2.05) is 6.08 Å². The third-order valence-corrected chi connectivity index (χ3v) is 13.3. The fourth-order valence-electron chi connectivity index (χ4n) is 8.72. The maximum atomic E-state index is 13.0. The second-order valence-corrected chi connectivity index (χ2v) is 19.7. The van der Waals surface area contributed by atoms with E-state index >= 15 is 0 Å². The zero-order valence-electron chi connectivity index (χ0n) is 43.6. The summed E-state index contributed by atoms with van der Waals surface area (Å²) < 4.78 is 16.6. The monoisotopic (exact) mass is 964 g/mol. The van der Waals surface area contributed by atoms with Crippen LogP contribution in [0.25, 0.3) is 0 Å². The molecule has 0 aliphatic carbocycles. The molecule has 1 fully saturated rings. The number of aliphatic hydroxyl groups excluding tert-OH is 5. The van der Waals surface area contributed by atoms with Crippen LogP contribution in [0.2, 0.25) is 0 Å². The molecule has 0 aromatic carbocycles. The van der Waals surface area contributed by atoms with E-state index in [1.165, 1.54) is 122 Å². The van der Waals surface area contributed by atoms with Gasteiger partial charge in [-0.2, -0.15) is 0 Å². The molecule has 1 heterocycles. The SMILES string of the molecule is CCCCCCCCC/C=C/C(O)C(COC1OC(CO)C(O)C(O)C1O)NC(=O)CCCCCCCC/C=C\C=C/CCCCCOC(=O)CCCCCCCCCCCCCCCCCC. The number of amides is 1. The number of ether oxygens (including phenoxy) is 3. The van der Waals surface area contributed by atoms with E-state index in [1.54, 1.807) is 6.08 Å². The van der Waals surface area contributed by atoms with Crippen molar-refractivity contribution in [1.82, 2.24) is 5.32 Å². The van der Waals surface area contributed by atoms with Crippen molar-refractivity contribution in [1.29, 1.82) is 0 Å². The second kappa shape index (κ2) is 47.2. The number of carbonyl (C=O) groups is 2. The predicted octanol–water partition coefficient (Wildman–Crippen LogP) is 12.3. The van der Waals surface area contributed by atoms with Crippen molar-refractivity contribution in [3.63, 3.8) is 0 Å². The molecule has 6 N–H and O–H groups in total. The molecule has 7 unspecified atom stereocenters. The molecular formula is C57H105NO10. The molecule has 0 spiro atoms. The van der Waals surface area contributed by atoms with Crippen LogP contribution in [0.4, 0.5) is 0 Å². The van der Waals surface area contributed by atoms with Gasteiger partial charge in [0.2, 0.25) is 5.91 Å². The van der Waals surface area contributed by atoms with Crippen LogP contribution in [0.3, 0.4) is 0 Å². The molecule has 11 nitrogen and oxygen atoms in total. The summed E-state index contributed by atoms with van der Waals surface area (Å²) in [7, 11) is 0. The minimum atomic E-state index is -1.58. The van der Waals surface area contributed by atoms with Crippen molar-refractivity contribution < 1.29 is 49.3 Å². The number of carbonyl (C=O) groups excluding carboxylic acids is 2. The van der Waals surface area contributed by atoms with Crippen molar-refractivity contribution >= 4 is 11.9 Å². The van der Waals surface area contributed by atoms with E-state index < -0.39 is 49.5 Å². The summed E-state index contributed by atoms with van der Waals surface area (Å²) in [5.41, 5.74) is 0. The minimum Gasteiger partial charge on any atom is -0.466 e. The molecule has 1 aliphatic rings. The third-order valence-electron chi connectivity index (χ3n) is 13.3. The summed E-state index contributed by atoms with van der Waals surface area (Å²) in [6.45, 7) is 4.24. The largest absolute Gasteiger partial charge is 0.466 e. The van der Waals surface area contributed by atoms with Gasteiger partial charge in [-0.3, -0.25) is 9.59 Å². The fourth-order valence-corrected chi connectivity index (χ4v) is 8.72. The Morgan fingerprint density at radius 3 is 1.46 bits per heavy atom. The second-order valence-electron chi connectivity index (χ2n) is 19.7. The summed E-state index contributed by atoms with van der Waals surface area (Å²) in [4.78, 5) is 25.0. The Morgan fingerprint density at radius 1 is 0.544 bits per heavy atom. The number of esters is 1. The Labute approximate surface area is 415 Å². The molecule has 1 saturated heterocycles. The molecule has 0 saturated carbocycles. The van der Waals surface area contributed by atoms with E-state index in [9.17, 15) is 35.1 Å². The smallest absolute Gasteiger partial charge is 0.305 e. The first-order valence-corrected chi connectivity index (χ1v) is 28.3. The van der Waals surface area contributed by atoms with Crippen molar-refractivity contribution in [3.8, 4) is 0 Å². The van der Waals surface area contributed by atoms with Crippen molar-refractivity contribution in [2.45, 2.75) is 294 Å². The van der Waals surface area contributed by atoms with Gasteiger partial charge in [0.25, 0.3) is 0 Å². The van der Waals surface area contributed by atoms with Gasteiger partial charge in [0.1, 0.15) is 24.4 Å². The van der Waals surface area contributed by atoms with E-state index in [0.29, 0.717) is 19.4 Å². The number of allylic oxidation sites excluding steroid dienone is 5. The Bertz CT molecular complexity index is 1230. The number of hydrogen-bond donors (Lipinski definition) is 6. The first-order chi connectivity index (χ1) is 33.2. The predicted molar refractivity (Wildman–Crippen MR) is 278 cm³/mol. The highest BCUT2D eigenvalue weighted by Gasteiger charge is 2.44. The average molecular weight is 964 g/mol. The van der Waals surface area contributed by atoms with Gasteiger partial charge < -0.3 is 45.1 Å². The normalized spacial score (nSPS) is 19.7. The Hall–Kier alpha value is -2.12. The molecule has 1 amide bonds. The molecule has 398 valence electrons. The standard InChI is InChI=1S/C57H105NO10/c1-3-5-7-9-11-13-14-15-16-19-22-25-29-33-37-41-45-53(62)66-46-42-38-34-30-26-23-20-17-18-21-24-28-32-36-40-44-52(61)58-49(50(60)43-39-35-31-27-12-10-8-6-4-2)48-67-57-56(65)55(64)54(63)51(47-59)68-57/h17,20,23,26,39,43,49-51,54-57,59-60,63-65H,3-16,18-19,21-22,24-25,27-38,40-42,44-48H2,1-2H3,(H,58,61)/b20-17-,26-23-,43-39+. The maximum Gasteiger partial charge on any atom is 0.305 e. The van der Waals surface area contributed by atoms with Crippen molar-refractivity contribution in [2.24, 2.45) is 0 Å². The molecule has 0 aromatic rings. The highest BCUT2D eigenvalue weighted by Crippen LogP contribution is 2.23. The van der Waals surface area contributed by atoms with E-state index in [2.05, 4.69) is 43.5 Å². The molecular weight excluding hydrogens is 859 g/mol. The molecule has 0 radical (unpaired) electrons. The molecule has 0 aromatic heterocycles. The van der Waals surface area contributed by atoms with Crippen LogP contribution in [0.15, 0.2) is 36.5 Å². The molecule has 68 heavy (non-hydrogen) atoms. The quantitative estimate of drug-likeness (QED) is 0.0149. The number of rotatable bonds is 48. The zero-order valence-corrected chi connectivity index (χ0v) is 43.6. The summed E-state index contributed by atoms with van der Waals surface area (Å²) in [6, 6.07) is -0.825. The lowest BCUT2D eigenvalue weighted by atomic mass is 9.99. The van der Waals surface area contributed by atoms with Gasteiger partial charge in [0.15, 0.2) is 6.29 Å². The Balaban J connectivity index is 2.10. The van der Waals surface area contributed by atoms with Crippen LogP contribution < -0.4 is 5.32 Å². The van der Waals surface area contributed by atoms with E-state index in [-0.39, 0.29) is 18.5 Å². The summed E-state index contributed by atoms with van der Waals surface area (Å²) in [6.07, 6.45) is 46.7. The first kappa shape index (κ1) is 63.9. The zero-order chi connectivity index (χ0) is 49.6. The van der Waals surface area contributed by atoms with E-state index in [4.69, 9.17) is 14.2 Å². The lowest BCUT2D eigenvalue weighted by molar-refractivity contribution is -0.302. The fraction of sp³-hybridized carbons (Fsp3) is 0.860. The number of nitrogens with one attached hydrogen (secondary N) is 1. The van der Waals surface area contributed by atoms with Gasteiger partial charge in [-0.15, -0.1) is 0 Å². The Morgan fingerprint density at radius 2 is 0.971 bits per heavy atom. The van der Waals surface area contributed by atoms with Crippen LogP contribution in [0, 0.1) is 0 Å². The third kappa shape index (κ3) is 36.8. The molecule has 1 aliphatic heterocycles. The number of aliphatic hydroxyl groups is 5. The topological polar surface area (TPSA) is 175 Å². The minimum absolute atomic E-state index is 0.0381. The molecule has 7 atom stereocenters. The van der Waals surface area contributed by atoms with E-state index in [0.717, 1.165) is 103 Å². The lowest BCUT2D eigenvalue weighted by Gasteiger charge is -2.40. The highest BCUT2D eigenvalue weighted by atomic mass is 16.7. The summed E-state index contributed by atoms with van der Waals surface area (Å²) in [5.74, 6) is -0.245. The van der Waals surface area contributed by atoms with Gasteiger partial charge >= 0.3 is 5.97 Å². The van der Waals surface area contributed by atoms with Crippen LogP contribution in [0.5, 0.6) is 0 Å². The average Bonchev–Trinajstić information content (AvgIpc) is 3.33. The van der Waals surface area contributed by atoms with Crippen LogP contribution in [-0.2, 0) is 23.8 Å². The Kier molecular flexibility index (Phi) is 44.4. The van der Waals surface area contributed by atoms with Crippen molar-refractivity contribution in [3.05, 3.63) is 36.5 Å². The first-order valence-electron chi connectivity index (χ1n) is 28.3. The van der Waals surface area contributed by atoms with Crippen LogP contribution >= 0.6 is 0 Å². The van der Waals surface area contributed by atoms with Crippen LogP contribution in [-0.4, -0.2) is 100 Å². The molecule has 1 rings (SSSR count). The summed E-state index contributed by atoms with van der Waals surface area (Å²) in [5, 5.41) is 54.1. The van der Waals surface area contributed by atoms with Gasteiger partial charge in [0.05, 0.1) is 32.0 Å². The molecule has 11 heteroatoms. The van der Waals surface area contributed by atoms with Gasteiger partial charge in [0, 0.05) is 12.8 Å². The van der Waals surface area contributed by atoms with Crippen molar-refractivity contribution in [2.75, 3.05) is 19.8 Å². The van der Waals surface area contributed by atoms with Gasteiger partial charge in [-0.1, -0.05) is 211 Å². The maximum absolute atomic E-state index is 13.0. The highest BCUT2D eigenvalue weighted by molar-refractivity contribution is 5.76. The summed E-state index contributed by atoms with van der Waals surface area (Å²) >= 11 is 0.